The molecule has 1 rings (SSSR count). The molecule has 1 aliphatic carbocycles. The number of carbonyl (C=O) groups is 1. The zero-order valence-electron chi connectivity index (χ0n) is 17.4. The van der Waals surface area contributed by atoms with Gasteiger partial charge in [-0.1, -0.05) is 40.7 Å². The fourth-order valence-corrected chi connectivity index (χ4v) is 3.71. The maximum absolute atomic E-state index is 12.4. The van der Waals surface area contributed by atoms with Gasteiger partial charge in [-0.15, -0.1) is 0 Å². The summed E-state index contributed by atoms with van der Waals surface area (Å²) < 4.78 is 11.9. The Balaban J connectivity index is 3.37. The van der Waals surface area contributed by atoms with Gasteiger partial charge in [-0.3, -0.25) is 4.79 Å². The fraction of sp³-hybridized carbons (Fsp3) is 0.857. The molecule has 0 aliphatic heterocycles. The third kappa shape index (κ3) is 4.68. The smallest absolute Gasteiger partial charge is 0.309 e. The molecule has 0 heterocycles. The van der Waals surface area contributed by atoms with Gasteiger partial charge in [0, 0.05) is 18.6 Å². The van der Waals surface area contributed by atoms with Crippen LogP contribution >= 0.6 is 0 Å². The normalized spacial score (nSPS) is 30.2. The second kappa shape index (κ2) is 9.86. The molecule has 0 aromatic carbocycles. The highest BCUT2D eigenvalue weighted by atomic mass is 16.6. The predicted molar refractivity (Wildman–Crippen MR) is 103 cm³/mol. The summed E-state index contributed by atoms with van der Waals surface area (Å²) in [5.74, 6) is -0.591. The van der Waals surface area contributed by atoms with E-state index in [1.165, 1.54) is 0 Å². The summed E-state index contributed by atoms with van der Waals surface area (Å²) in [6, 6.07) is 0. The number of rotatable bonds is 10. The first-order valence-corrected chi connectivity index (χ1v) is 9.99. The van der Waals surface area contributed by atoms with E-state index in [1.807, 2.05) is 27.7 Å². The lowest BCUT2D eigenvalue weighted by atomic mass is 9.59. The van der Waals surface area contributed by atoms with Crippen molar-refractivity contribution in [2.24, 2.45) is 11.3 Å². The molecule has 1 aliphatic rings. The van der Waals surface area contributed by atoms with Gasteiger partial charge in [0.2, 0.25) is 0 Å². The standard InChI is InChI=1S/C21H38O5/c1-7-14-25-17(10-9-13-22)21(24)18(26-19(23)15(3)4)16(5)11-12-20(21,6)8-2/h11,15,17-18,22,24H,7-10,12-14H2,1-6H3. The van der Waals surface area contributed by atoms with Gasteiger partial charge in [0.25, 0.3) is 0 Å². The van der Waals surface area contributed by atoms with Gasteiger partial charge < -0.3 is 19.7 Å². The Morgan fingerprint density at radius 1 is 1.38 bits per heavy atom. The molecule has 26 heavy (non-hydrogen) atoms. The third-order valence-electron chi connectivity index (χ3n) is 5.78. The molecule has 0 saturated heterocycles. The summed E-state index contributed by atoms with van der Waals surface area (Å²) in [6.45, 7) is 12.1. The van der Waals surface area contributed by atoms with Crippen LogP contribution in [-0.2, 0) is 14.3 Å². The molecule has 5 nitrogen and oxygen atoms in total. The van der Waals surface area contributed by atoms with Crippen LogP contribution in [0.5, 0.6) is 0 Å². The minimum absolute atomic E-state index is 0.0379. The van der Waals surface area contributed by atoms with Crippen LogP contribution in [0.1, 0.15) is 73.6 Å². The predicted octanol–water partition coefficient (Wildman–Crippen LogP) is 3.62. The maximum atomic E-state index is 12.4. The Hall–Kier alpha value is -0.910. The largest absolute Gasteiger partial charge is 0.454 e. The number of aliphatic hydroxyl groups is 2. The average Bonchev–Trinajstić information content (AvgIpc) is 2.61. The molecule has 0 aromatic rings. The Kier molecular flexibility index (Phi) is 8.77. The Labute approximate surface area is 158 Å². The Morgan fingerprint density at radius 3 is 2.54 bits per heavy atom. The van der Waals surface area contributed by atoms with E-state index in [4.69, 9.17) is 9.47 Å². The maximum Gasteiger partial charge on any atom is 0.309 e. The molecule has 0 amide bonds. The van der Waals surface area contributed by atoms with Crippen LogP contribution in [-0.4, -0.2) is 47.2 Å². The van der Waals surface area contributed by atoms with Crippen molar-refractivity contribution in [2.75, 3.05) is 13.2 Å². The molecule has 0 saturated carbocycles. The Morgan fingerprint density at radius 2 is 2.04 bits per heavy atom. The molecule has 0 radical (unpaired) electrons. The van der Waals surface area contributed by atoms with Gasteiger partial charge >= 0.3 is 5.97 Å². The molecular weight excluding hydrogens is 332 g/mol. The molecular formula is C21H38O5. The molecule has 0 fully saturated rings. The molecule has 2 N–H and O–H groups in total. The third-order valence-corrected chi connectivity index (χ3v) is 5.78. The highest BCUT2D eigenvalue weighted by Crippen LogP contribution is 2.50. The van der Waals surface area contributed by atoms with Crippen molar-refractivity contribution in [3.05, 3.63) is 11.6 Å². The van der Waals surface area contributed by atoms with Crippen molar-refractivity contribution in [1.29, 1.82) is 0 Å². The number of hydrogen-bond acceptors (Lipinski definition) is 5. The topological polar surface area (TPSA) is 76.0 Å². The zero-order valence-corrected chi connectivity index (χ0v) is 17.4. The first-order chi connectivity index (χ1) is 12.2. The van der Waals surface area contributed by atoms with Gasteiger partial charge in [-0.05, 0) is 44.6 Å². The van der Waals surface area contributed by atoms with Crippen LogP contribution in [0.4, 0.5) is 0 Å². The van der Waals surface area contributed by atoms with Crippen molar-refractivity contribution >= 4 is 5.97 Å². The first-order valence-electron chi connectivity index (χ1n) is 9.99. The zero-order chi connectivity index (χ0) is 20.0. The van der Waals surface area contributed by atoms with Gasteiger partial charge in [0.05, 0.1) is 12.0 Å². The first kappa shape index (κ1) is 23.1. The lowest BCUT2D eigenvalue weighted by Gasteiger charge is -2.54. The number of ether oxygens (including phenoxy) is 2. The van der Waals surface area contributed by atoms with E-state index >= 15 is 0 Å². The van der Waals surface area contributed by atoms with Crippen molar-refractivity contribution in [1.82, 2.24) is 0 Å². The SMILES string of the molecule is CCCOC(CCCO)C1(O)C(OC(=O)C(C)C)C(C)=CCC1(C)CC. The van der Waals surface area contributed by atoms with E-state index in [9.17, 15) is 15.0 Å². The molecule has 0 spiro atoms. The number of allylic oxidation sites excluding steroid dienone is 1. The molecule has 152 valence electrons. The number of aliphatic hydroxyl groups excluding tert-OH is 1. The van der Waals surface area contributed by atoms with E-state index in [2.05, 4.69) is 6.08 Å². The van der Waals surface area contributed by atoms with Crippen molar-refractivity contribution in [2.45, 2.75) is 91.5 Å². The van der Waals surface area contributed by atoms with Crippen LogP contribution in [0.2, 0.25) is 0 Å². The van der Waals surface area contributed by atoms with Gasteiger partial charge in [0.1, 0.15) is 5.60 Å². The van der Waals surface area contributed by atoms with Gasteiger partial charge in [-0.25, -0.2) is 0 Å². The quantitative estimate of drug-likeness (QED) is 0.454. The number of hydrogen-bond donors (Lipinski definition) is 2. The number of esters is 1. The lowest BCUT2D eigenvalue weighted by Crippen LogP contribution is -2.65. The second-order valence-corrected chi connectivity index (χ2v) is 8.09. The van der Waals surface area contributed by atoms with Crippen LogP contribution in [0, 0.1) is 11.3 Å². The lowest BCUT2D eigenvalue weighted by molar-refractivity contribution is -0.233. The van der Waals surface area contributed by atoms with Crippen LogP contribution in [0.25, 0.3) is 0 Å². The molecule has 0 aromatic heterocycles. The summed E-state index contributed by atoms with van der Waals surface area (Å²) in [7, 11) is 0. The van der Waals surface area contributed by atoms with Crippen LogP contribution in [0.15, 0.2) is 11.6 Å². The highest BCUT2D eigenvalue weighted by Gasteiger charge is 2.59. The molecule has 4 atom stereocenters. The minimum atomic E-state index is -1.34. The highest BCUT2D eigenvalue weighted by molar-refractivity contribution is 5.72. The van der Waals surface area contributed by atoms with Gasteiger partial charge in [0.15, 0.2) is 6.10 Å². The Bertz CT molecular complexity index is 479. The van der Waals surface area contributed by atoms with E-state index in [1.54, 1.807) is 13.8 Å². The summed E-state index contributed by atoms with van der Waals surface area (Å²) in [5.41, 5.74) is -0.959. The molecule has 5 heteroatoms. The summed E-state index contributed by atoms with van der Waals surface area (Å²) in [4.78, 5) is 12.4. The van der Waals surface area contributed by atoms with E-state index < -0.39 is 23.2 Å². The summed E-state index contributed by atoms with van der Waals surface area (Å²) in [5, 5.41) is 21.4. The molecule has 0 bridgehead atoms. The fourth-order valence-electron chi connectivity index (χ4n) is 3.71. The van der Waals surface area contributed by atoms with Gasteiger partial charge in [-0.2, -0.15) is 0 Å². The average molecular weight is 371 g/mol. The van der Waals surface area contributed by atoms with Crippen molar-refractivity contribution in [3.63, 3.8) is 0 Å². The summed E-state index contributed by atoms with van der Waals surface area (Å²) >= 11 is 0. The minimum Gasteiger partial charge on any atom is -0.454 e. The van der Waals surface area contributed by atoms with Crippen LogP contribution in [0.3, 0.4) is 0 Å². The van der Waals surface area contributed by atoms with E-state index in [0.29, 0.717) is 25.9 Å². The van der Waals surface area contributed by atoms with E-state index in [0.717, 1.165) is 18.4 Å². The van der Waals surface area contributed by atoms with Crippen molar-refractivity contribution < 1.29 is 24.5 Å². The van der Waals surface area contributed by atoms with Crippen molar-refractivity contribution in [3.8, 4) is 0 Å². The van der Waals surface area contributed by atoms with E-state index in [-0.39, 0.29) is 18.5 Å². The number of carbonyl (C=O) groups excluding carboxylic acids is 1. The van der Waals surface area contributed by atoms with Crippen LogP contribution < -0.4 is 0 Å². The summed E-state index contributed by atoms with van der Waals surface area (Å²) in [6.07, 6.45) is 4.14. The molecule has 4 unspecified atom stereocenters. The monoisotopic (exact) mass is 370 g/mol. The second-order valence-electron chi connectivity index (χ2n) is 8.09.